The SMILES string of the molecule is CC(CN(C)C(=O)Nc1cc(C(C)(C)C)nn1Cc1ccccc1)C(=O)O. The van der Waals surface area contributed by atoms with Gasteiger partial charge in [-0.15, -0.1) is 0 Å². The number of rotatable bonds is 6. The van der Waals surface area contributed by atoms with Crippen LogP contribution in [0.2, 0.25) is 0 Å². The van der Waals surface area contributed by atoms with Crippen LogP contribution in [0.5, 0.6) is 0 Å². The number of carboxylic acids is 1. The van der Waals surface area contributed by atoms with Crippen molar-refractivity contribution in [1.82, 2.24) is 14.7 Å². The number of amides is 2. The number of benzene rings is 1. The summed E-state index contributed by atoms with van der Waals surface area (Å²) >= 11 is 0. The molecule has 1 aromatic heterocycles. The van der Waals surface area contributed by atoms with Gasteiger partial charge in [0.05, 0.1) is 18.2 Å². The van der Waals surface area contributed by atoms with Gasteiger partial charge in [0.25, 0.3) is 0 Å². The fraction of sp³-hybridized carbons (Fsp3) is 0.450. The molecule has 7 nitrogen and oxygen atoms in total. The van der Waals surface area contributed by atoms with E-state index in [1.54, 1.807) is 18.7 Å². The van der Waals surface area contributed by atoms with Crippen molar-refractivity contribution in [2.45, 2.75) is 39.7 Å². The van der Waals surface area contributed by atoms with Crippen LogP contribution in [0.25, 0.3) is 0 Å². The number of hydrogen-bond acceptors (Lipinski definition) is 3. The minimum absolute atomic E-state index is 0.125. The van der Waals surface area contributed by atoms with Crippen molar-refractivity contribution in [1.29, 1.82) is 0 Å². The van der Waals surface area contributed by atoms with Gasteiger partial charge < -0.3 is 10.0 Å². The molecule has 0 saturated carbocycles. The van der Waals surface area contributed by atoms with Crippen LogP contribution in [0.15, 0.2) is 36.4 Å². The number of aromatic nitrogens is 2. The van der Waals surface area contributed by atoms with Gasteiger partial charge in [0.1, 0.15) is 5.82 Å². The summed E-state index contributed by atoms with van der Waals surface area (Å²) in [6, 6.07) is 11.4. The van der Waals surface area contributed by atoms with Gasteiger partial charge in [-0.25, -0.2) is 9.48 Å². The van der Waals surface area contributed by atoms with Crippen LogP contribution in [0.4, 0.5) is 10.6 Å². The first kappa shape index (κ1) is 20.5. The largest absolute Gasteiger partial charge is 0.481 e. The molecule has 2 N–H and O–H groups in total. The van der Waals surface area contributed by atoms with Crippen molar-refractivity contribution in [2.24, 2.45) is 5.92 Å². The molecule has 0 aliphatic heterocycles. The van der Waals surface area contributed by atoms with Crippen LogP contribution < -0.4 is 5.32 Å². The van der Waals surface area contributed by atoms with Gasteiger partial charge >= 0.3 is 12.0 Å². The zero-order valence-corrected chi connectivity index (χ0v) is 16.6. The van der Waals surface area contributed by atoms with Gasteiger partial charge in [-0.2, -0.15) is 5.10 Å². The second-order valence-corrected chi connectivity index (χ2v) is 7.86. The molecule has 0 fully saturated rings. The quantitative estimate of drug-likeness (QED) is 0.813. The zero-order valence-electron chi connectivity index (χ0n) is 16.6. The first-order chi connectivity index (χ1) is 12.6. The molecular formula is C20H28N4O3. The van der Waals surface area contributed by atoms with Crippen LogP contribution in [0.3, 0.4) is 0 Å². The van der Waals surface area contributed by atoms with Crippen LogP contribution >= 0.6 is 0 Å². The van der Waals surface area contributed by atoms with Crippen LogP contribution in [0.1, 0.15) is 39.0 Å². The van der Waals surface area contributed by atoms with Crippen molar-refractivity contribution in [3.63, 3.8) is 0 Å². The van der Waals surface area contributed by atoms with Gasteiger partial charge in [-0.3, -0.25) is 10.1 Å². The van der Waals surface area contributed by atoms with Crippen molar-refractivity contribution < 1.29 is 14.7 Å². The number of anilines is 1. The highest BCUT2D eigenvalue weighted by Crippen LogP contribution is 2.25. The first-order valence-corrected chi connectivity index (χ1v) is 8.95. The average molecular weight is 372 g/mol. The third-order valence-corrected chi connectivity index (χ3v) is 4.27. The Kier molecular flexibility index (Phi) is 6.25. The normalized spacial score (nSPS) is 12.5. The average Bonchev–Trinajstić information content (AvgIpc) is 2.98. The van der Waals surface area contributed by atoms with Crippen LogP contribution in [-0.4, -0.2) is 45.4 Å². The molecule has 7 heteroatoms. The molecule has 2 rings (SSSR count). The highest BCUT2D eigenvalue weighted by atomic mass is 16.4. The summed E-state index contributed by atoms with van der Waals surface area (Å²) < 4.78 is 1.77. The summed E-state index contributed by atoms with van der Waals surface area (Å²) in [5.74, 6) is -0.984. The molecule has 0 radical (unpaired) electrons. The van der Waals surface area contributed by atoms with Gasteiger partial charge in [0, 0.05) is 25.1 Å². The minimum Gasteiger partial charge on any atom is -0.481 e. The van der Waals surface area contributed by atoms with E-state index >= 15 is 0 Å². The summed E-state index contributed by atoms with van der Waals surface area (Å²) in [5.41, 5.74) is 1.78. The predicted molar refractivity (Wildman–Crippen MR) is 105 cm³/mol. The Balaban J connectivity index is 2.22. The maximum Gasteiger partial charge on any atom is 0.322 e. The third-order valence-electron chi connectivity index (χ3n) is 4.27. The molecule has 27 heavy (non-hydrogen) atoms. The molecule has 1 unspecified atom stereocenters. The highest BCUT2D eigenvalue weighted by molar-refractivity contribution is 5.88. The Hall–Kier alpha value is -2.83. The van der Waals surface area contributed by atoms with Crippen molar-refractivity contribution >= 4 is 17.8 Å². The molecule has 146 valence electrons. The highest BCUT2D eigenvalue weighted by Gasteiger charge is 2.23. The molecule has 0 aliphatic rings. The number of carbonyl (C=O) groups excluding carboxylic acids is 1. The molecule has 0 spiro atoms. The topological polar surface area (TPSA) is 87.5 Å². The fourth-order valence-corrected chi connectivity index (χ4v) is 2.54. The number of hydrogen-bond donors (Lipinski definition) is 2. The lowest BCUT2D eigenvalue weighted by Gasteiger charge is -2.20. The van der Waals surface area contributed by atoms with E-state index in [9.17, 15) is 9.59 Å². The van der Waals surface area contributed by atoms with E-state index in [4.69, 9.17) is 5.11 Å². The Bertz CT molecular complexity index is 793. The maximum atomic E-state index is 12.5. The molecule has 0 bridgehead atoms. The molecule has 2 aromatic rings. The second kappa shape index (κ2) is 8.24. The summed E-state index contributed by atoms with van der Waals surface area (Å²) in [7, 11) is 1.58. The molecule has 1 atom stereocenters. The lowest BCUT2D eigenvalue weighted by molar-refractivity contribution is -0.141. The van der Waals surface area contributed by atoms with Gasteiger partial charge in [-0.1, -0.05) is 58.0 Å². The number of aliphatic carboxylic acids is 1. The van der Waals surface area contributed by atoms with Crippen molar-refractivity contribution in [3.8, 4) is 0 Å². The Morgan fingerprint density at radius 1 is 1.26 bits per heavy atom. The predicted octanol–water partition coefficient (Wildman–Crippen LogP) is 3.41. The fourth-order valence-electron chi connectivity index (χ4n) is 2.54. The number of nitrogens with one attached hydrogen (secondary N) is 1. The molecule has 0 saturated heterocycles. The Morgan fingerprint density at radius 2 is 1.89 bits per heavy atom. The van der Waals surface area contributed by atoms with Crippen LogP contribution in [-0.2, 0) is 16.8 Å². The number of urea groups is 1. The third kappa shape index (κ3) is 5.57. The van der Waals surface area contributed by atoms with E-state index in [2.05, 4.69) is 31.2 Å². The molecule has 1 aromatic carbocycles. The van der Waals surface area contributed by atoms with Gasteiger partial charge in [0.15, 0.2) is 0 Å². The van der Waals surface area contributed by atoms with Crippen molar-refractivity contribution in [3.05, 3.63) is 47.7 Å². The van der Waals surface area contributed by atoms with Gasteiger partial charge in [0.2, 0.25) is 0 Å². The van der Waals surface area contributed by atoms with E-state index in [0.29, 0.717) is 12.4 Å². The second-order valence-electron chi connectivity index (χ2n) is 7.86. The molecule has 1 heterocycles. The smallest absolute Gasteiger partial charge is 0.322 e. The van der Waals surface area contributed by atoms with E-state index in [0.717, 1.165) is 11.3 Å². The summed E-state index contributed by atoms with van der Waals surface area (Å²) in [6.07, 6.45) is 0. The zero-order chi connectivity index (χ0) is 20.2. The van der Waals surface area contributed by atoms with Crippen molar-refractivity contribution in [2.75, 3.05) is 18.9 Å². The molecule has 0 aliphatic carbocycles. The number of nitrogens with zero attached hydrogens (tertiary/aromatic N) is 3. The number of carboxylic acid groups (broad SMARTS) is 1. The van der Waals surface area contributed by atoms with E-state index < -0.39 is 11.9 Å². The maximum absolute atomic E-state index is 12.5. The lowest BCUT2D eigenvalue weighted by atomic mass is 9.92. The van der Waals surface area contributed by atoms with E-state index in [1.807, 2.05) is 36.4 Å². The molecule has 2 amide bonds. The van der Waals surface area contributed by atoms with Gasteiger partial charge in [-0.05, 0) is 5.56 Å². The van der Waals surface area contributed by atoms with Crippen LogP contribution in [0, 0.1) is 5.92 Å². The minimum atomic E-state index is -0.932. The first-order valence-electron chi connectivity index (χ1n) is 8.95. The Morgan fingerprint density at radius 3 is 2.44 bits per heavy atom. The lowest BCUT2D eigenvalue weighted by Crippen LogP contribution is -2.37. The van der Waals surface area contributed by atoms with E-state index in [-0.39, 0.29) is 18.0 Å². The molecular weight excluding hydrogens is 344 g/mol. The number of carbonyl (C=O) groups is 2. The summed E-state index contributed by atoms with van der Waals surface area (Å²) in [5, 5.41) is 16.6. The summed E-state index contributed by atoms with van der Waals surface area (Å²) in [4.78, 5) is 24.9. The standard InChI is InChI=1S/C20H28N4O3/c1-14(18(25)26)12-23(5)19(27)21-17-11-16(20(2,3)4)22-24(17)13-15-9-7-6-8-10-15/h6-11,14H,12-13H2,1-5H3,(H,21,27)(H,25,26). The monoisotopic (exact) mass is 372 g/mol. The van der Waals surface area contributed by atoms with E-state index in [1.165, 1.54) is 4.90 Å². The Labute approximate surface area is 160 Å². The summed E-state index contributed by atoms with van der Waals surface area (Å²) in [6.45, 7) is 8.42.